The summed E-state index contributed by atoms with van der Waals surface area (Å²) in [7, 11) is 1.53. The van der Waals surface area contributed by atoms with E-state index >= 15 is 0 Å². The van der Waals surface area contributed by atoms with Gasteiger partial charge >= 0.3 is 0 Å². The second-order valence-corrected chi connectivity index (χ2v) is 7.57. The van der Waals surface area contributed by atoms with Crippen molar-refractivity contribution in [3.63, 3.8) is 0 Å². The number of rotatable bonds is 4. The molecule has 0 atom stereocenters. The summed E-state index contributed by atoms with van der Waals surface area (Å²) >= 11 is 7.34. The third kappa shape index (κ3) is 3.34. The molecule has 0 radical (unpaired) electrons. The van der Waals surface area contributed by atoms with Crippen molar-refractivity contribution >= 4 is 44.7 Å². The third-order valence-electron chi connectivity index (χ3n) is 4.25. The molecule has 2 aromatic carbocycles. The zero-order chi connectivity index (χ0) is 19.8. The number of methoxy groups -OCH3 is 1. The van der Waals surface area contributed by atoms with Crippen molar-refractivity contribution in [2.75, 3.05) is 12.4 Å². The Hall–Kier alpha value is -2.90. The predicted molar refractivity (Wildman–Crippen MR) is 110 cm³/mol. The molecule has 4 aromatic rings. The van der Waals surface area contributed by atoms with Gasteiger partial charge in [0.25, 0.3) is 5.91 Å². The van der Waals surface area contributed by atoms with Gasteiger partial charge in [-0.25, -0.2) is 9.07 Å². The molecule has 1 amide bonds. The number of nitrogens with one attached hydrogen (secondary N) is 1. The molecule has 142 valence electrons. The highest BCUT2D eigenvalue weighted by atomic mass is 35.5. The van der Waals surface area contributed by atoms with Gasteiger partial charge in [0.1, 0.15) is 16.4 Å². The summed E-state index contributed by atoms with van der Waals surface area (Å²) in [6.07, 6.45) is 0. The number of carbonyl (C=O) groups excluding carboxylic acids is 1. The third-order valence-corrected chi connectivity index (χ3v) is 5.59. The molecule has 0 saturated carbocycles. The molecule has 8 heteroatoms. The van der Waals surface area contributed by atoms with Crippen LogP contribution >= 0.6 is 22.9 Å². The fourth-order valence-corrected chi connectivity index (χ4v) is 4.13. The normalized spacial score (nSPS) is 11.0. The Balaban J connectivity index is 1.70. The molecule has 28 heavy (non-hydrogen) atoms. The minimum atomic E-state index is -0.314. The topological polar surface area (TPSA) is 56.1 Å². The summed E-state index contributed by atoms with van der Waals surface area (Å²) < 4.78 is 20.2. The summed E-state index contributed by atoms with van der Waals surface area (Å²) in [4.78, 5) is 14.1. The van der Waals surface area contributed by atoms with Crippen molar-refractivity contribution in [2.24, 2.45) is 0 Å². The van der Waals surface area contributed by atoms with E-state index < -0.39 is 0 Å². The van der Waals surface area contributed by atoms with Gasteiger partial charge in [-0.15, -0.1) is 11.3 Å². The van der Waals surface area contributed by atoms with E-state index in [1.54, 1.807) is 41.1 Å². The van der Waals surface area contributed by atoms with Crippen LogP contribution in [0.2, 0.25) is 5.02 Å². The summed E-state index contributed by atoms with van der Waals surface area (Å²) in [5.74, 6) is -0.0649. The molecular formula is C20H15ClFN3O2S. The average molecular weight is 416 g/mol. The van der Waals surface area contributed by atoms with Crippen molar-refractivity contribution in [1.29, 1.82) is 0 Å². The second kappa shape index (κ2) is 7.26. The summed E-state index contributed by atoms with van der Waals surface area (Å²) in [5.41, 5.74) is 2.01. The molecule has 0 unspecified atom stereocenters. The van der Waals surface area contributed by atoms with Crippen LogP contribution in [0.5, 0.6) is 5.75 Å². The van der Waals surface area contributed by atoms with E-state index in [1.807, 2.05) is 6.92 Å². The molecule has 1 N–H and O–H groups in total. The number of thiophene rings is 1. The lowest BCUT2D eigenvalue weighted by Crippen LogP contribution is -2.11. The van der Waals surface area contributed by atoms with Gasteiger partial charge in [0.05, 0.1) is 29.1 Å². The van der Waals surface area contributed by atoms with Crippen LogP contribution in [0, 0.1) is 12.7 Å². The van der Waals surface area contributed by atoms with Gasteiger partial charge in [0.2, 0.25) is 0 Å². The SMILES string of the molecule is COc1ccc(Cl)cc1NC(=O)c1cc2c(C)nn(-c3ccc(F)cc3)c2s1. The number of hydrogen-bond acceptors (Lipinski definition) is 4. The Morgan fingerprint density at radius 3 is 2.68 bits per heavy atom. The van der Waals surface area contributed by atoms with E-state index in [-0.39, 0.29) is 11.7 Å². The molecule has 2 heterocycles. The molecule has 0 aliphatic rings. The van der Waals surface area contributed by atoms with Crippen molar-refractivity contribution in [2.45, 2.75) is 6.92 Å². The van der Waals surface area contributed by atoms with Gasteiger partial charge in [-0.1, -0.05) is 11.6 Å². The fourth-order valence-electron chi connectivity index (χ4n) is 2.88. The van der Waals surface area contributed by atoms with Crippen LogP contribution in [-0.2, 0) is 0 Å². The van der Waals surface area contributed by atoms with E-state index in [0.717, 1.165) is 21.6 Å². The highest BCUT2D eigenvalue weighted by molar-refractivity contribution is 7.20. The van der Waals surface area contributed by atoms with Crippen LogP contribution in [0.4, 0.5) is 10.1 Å². The molecule has 0 bridgehead atoms. The van der Waals surface area contributed by atoms with E-state index in [2.05, 4.69) is 10.4 Å². The predicted octanol–water partition coefficient (Wildman–Crippen LogP) is 5.45. The highest BCUT2D eigenvalue weighted by Gasteiger charge is 2.18. The molecule has 0 spiro atoms. The van der Waals surface area contributed by atoms with Gasteiger partial charge < -0.3 is 10.1 Å². The molecule has 0 fully saturated rings. The lowest BCUT2D eigenvalue weighted by molar-refractivity contribution is 0.103. The van der Waals surface area contributed by atoms with E-state index in [1.165, 1.54) is 30.6 Å². The van der Waals surface area contributed by atoms with E-state index in [4.69, 9.17) is 16.3 Å². The van der Waals surface area contributed by atoms with E-state index in [9.17, 15) is 9.18 Å². The zero-order valence-corrected chi connectivity index (χ0v) is 16.6. The Kier molecular flexibility index (Phi) is 4.78. The Bertz CT molecular complexity index is 1180. The molecular weight excluding hydrogens is 401 g/mol. The summed E-state index contributed by atoms with van der Waals surface area (Å²) in [6, 6.07) is 12.9. The first-order valence-corrected chi connectivity index (χ1v) is 9.55. The monoisotopic (exact) mass is 415 g/mol. The minimum absolute atomic E-state index is 0.271. The van der Waals surface area contributed by atoms with Gasteiger partial charge in [-0.3, -0.25) is 4.79 Å². The summed E-state index contributed by atoms with van der Waals surface area (Å²) in [5, 5.41) is 8.72. The van der Waals surface area contributed by atoms with Crippen LogP contribution in [-0.4, -0.2) is 22.8 Å². The van der Waals surface area contributed by atoms with Crippen LogP contribution < -0.4 is 10.1 Å². The molecule has 2 aromatic heterocycles. The van der Waals surface area contributed by atoms with Crippen molar-refractivity contribution in [3.8, 4) is 11.4 Å². The number of aromatic nitrogens is 2. The molecule has 4 rings (SSSR count). The lowest BCUT2D eigenvalue weighted by atomic mass is 10.2. The smallest absolute Gasteiger partial charge is 0.265 e. The highest BCUT2D eigenvalue weighted by Crippen LogP contribution is 2.32. The number of fused-ring (bicyclic) bond motifs is 1. The summed E-state index contributed by atoms with van der Waals surface area (Å²) in [6.45, 7) is 1.87. The average Bonchev–Trinajstić information content (AvgIpc) is 3.24. The Morgan fingerprint density at radius 1 is 1.21 bits per heavy atom. The largest absolute Gasteiger partial charge is 0.495 e. The number of halogens is 2. The van der Waals surface area contributed by atoms with Crippen molar-refractivity contribution in [1.82, 2.24) is 9.78 Å². The number of nitrogens with zero attached hydrogens (tertiary/aromatic N) is 2. The van der Waals surface area contributed by atoms with Crippen molar-refractivity contribution < 1.29 is 13.9 Å². The van der Waals surface area contributed by atoms with Crippen LogP contribution in [0.1, 0.15) is 15.4 Å². The van der Waals surface area contributed by atoms with E-state index in [0.29, 0.717) is 21.3 Å². The Morgan fingerprint density at radius 2 is 1.96 bits per heavy atom. The first-order valence-electron chi connectivity index (χ1n) is 8.36. The van der Waals surface area contributed by atoms with Crippen LogP contribution in [0.15, 0.2) is 48.5 Å². The molecule has 0 aliphatic heterocycles. The maximum Gasteiger partial charge on any atom is 0.265 e. The van der Waals surface area contributed by atoms with Crippen LogP contribution in [0.25, 0.3) is 15.9 Å². The zero-order valence-electron chi connectivity index (χ0n) is 15.0. The fraction of sp³-hybridized carbons (Fsp3) is 0.100. The number of hydrogen-bond donors (Lipinski definition) is 1. The maximum absolute atomic E-state index is 13.2. The van der Waals surface area contributed by atoms with Gasteiger partial charge in [0, 0.05) is 10.4 Å². The second-order valence-electron chi connectivity index (χ2n) is 6.10. The number of ether oxygens (including phenoxy) is 1. The van der Waals surface area contributed by atoms with Gasteiger partial charge in [-0.2, -0.15) is 5.10 Å². The quantitative estimate of drug-likeness (QED) is 0.482. The Labute approximate surface area is 169 Å². The molecule has 5 nitrogen and oxygen atoms in total. The van der Waals surface area contributed by atoms with Gasteiger partial charge in [-0.05, 0) is 55.5 Å². The molecule has 0 saturated heterocycles. The lowest BCUT2D eigenvalue weighted by Gasteiger charge is -2.09. The first-order chi connectivity index (χ1) is 13.5. The maximum atomic E-state index is 13.2. The number of carbonyl (C=O) groups is 1. The minimum Gasteiger partial charge on any atom is -0.495 e. The number of aryl methyl sites for hydroxylation is 1. The van der Waals surface area contributed by atoms with Crippen LogP contribution in [0.3, 0.4) is 0 Å². The van der Waals surface area contributed by atoms with Crippen molar-refractivity contribution in [3.05, 3.63) is 69.9 Å². The first kappa shape index (κ1) is 18.5. The number of anilines is 1. The molecule has 0 aliphatic carbocycles. The van der Waals surface area contributed by atoms with Gasteiger partial charge in [0.15, 0.2) is 0 Å². The number of amides is 1. The standard InChI is InChI=1S/C20H15ClFN3O2S/c1-11-15-10-18(19(26)23-16-9-12(21)3-8-17(16)27-2)28-20(15)25(24-11)14-6-4-13(22)5-7-14/h3-10H,1-2H3,(H,23,26). The number of benzene rings is 2.